The Morgan fingerprint density at radius 3 is 2.62 bits per heavy atom. The Bertz CT molecular complexity index is 474. The summed E-state index contributed by atoms with van der Waals surface area (Å²) >= 11 is 0. The van der Waals surface area contributed by atoms with Crippen molar-refractivity contribution >= 4 is 12.0 Å². The number of carbonyl (C=O) groups excluding carboxylic acids is 1. The smallest absolute Gasteiger partial charge is 0.330 e. The summed E-state index contributed by atoms with van der Waals surface area (Å²) in [5, 5.41) is 14.2. The number of hydrogen-bond donors (Lipinski definition) is 3. The normalized spacial score (nSPS) is 15.2. The molecule has 21 heavy (non-hydrogen) atoms. The van der Waals surface area contributed by atoms with Crippen LogP contribution in [0.4, 0.5) is 4.79 Å². The molecule has 1 aliphatic rings. The second-order valence-electron chi connectivity index (χ2n) is 5.10. The van der Waals surface area contributed by atoms with Crippen LogP contribution < -0.4 is 10.6 Å². The fourth-order valence-electron chi connectivity index (χ4n) is 1.89. The van der Waals surface area contributed by atoms with Crippen molar-refractivity contribution in [2.75, 3.05) is 19.8 Å². The highest BCUT2D eigenvalue weighted by Gasteiger charge is 2.22. The Hall–Kier alpha value is -2.08. The highest BCUT2D eigenvalue weighted by Crippen LogP contribution is 2.28. The second-order valence-corrected chi connectivity index (χ2v) is 5.10. The van der Waals surface area contributed by atoms with Gasteiger partial charge in [0.15, 0.2) is 6.04 Å². The fraction of sp³-hybridized carbons (Fsp3) is 0.467. The van der Waals surface area contributed by atoms with Crippen molar-refractivity contribution in [2.45, 2.75) is 18.9 Å². The fourth-order valence-corrected chi connectivity index (χ4v) is 1.89. The van der Waals surface area contributed by atoms with E-state index < -0.39 is 18.0 Å². The largest absolute Gasteiger partial charge is 0.479 e. The first-order chi connectivity index (χ1) is 10.2. The van der Waals surface area contributed by atoms with Crippen molar-refractivity contribution in [3.8, 4) is 0 Å². The minimum atomic E-state index is -1.10. The molecule has 1 saturated carbocycles. The van der Waals surface area contributed by atoms with Crippen LogP contribution in [-0.4, -0.2) is 36.9 Å². The number of carboxylic acid groups (broad SMARTS) is 1. The lowest BCUT2D eigenvalue weighted by Crippen LogP contribution is -2.42. The highest BCUT2D eigenvalue weighted by atomic mass is 16.5. The highest BCUT2D eigenvalue weighted by molar-refractivity contribution is 5.83. The number of hydrogen-bond acceptors (Lipinski definition) is 3. The first kappa shape index (κ1) is 15.3. The van der Waals surface area contributed by atoms with Crippen LogP contribution in [0, 0.1) is 5.92 Å². The van der Waals surface area contributed by atoms with Crippen molar-refractivity contribution in [3.05, 3.63) is 35.9 Å². The van der Waals surface area contributed by atoms with Crippen LogP contribution in [0.15, 0.2) is 30.3 Å². The molecule has 0 bridgehead atoms. The van der Waals surface area contributed by atoms with Gasteiger partial charge in [-0.15, -0.1) is 0 Å². The van der Waals surface area contributed by atoms with Gasteiger partial charge >= 0.3 is 12.0 Å². The third-order valence-corrected chi connectivity index (χ3v) is 3.24. The van der Waals surface area contributed by atoms with E-state index in [0.717, 1.165) is 6.61 Å². The molecule has 0 saturated heterocycles. The van der Waals surface area contributed by atoms with Crippen LogP contribution in [-0.2, 0) is 9.53 Å². The maximum atomic E-state index is 11.7. The summed E-state index contributed by atoms with van der Waals surface area (Å²) in [6, 6.07) is 7.02. The lowest BCUT2D eigenvalue weighted by molar-refractivity contribution is -0.139. The van der Waals surface area contributed by atoms with Gasteiger partial charge in [-0.05, 0) is 24.3 Å². The van der Waals surface area contributed by atoms with Crippen molar-refractivity contribution in [1.29, 1.82) is 0 Å². The summed E-state index contributed by atoms with van der Waals surface area (Å²) in [4.78, 5) is 22.9. The van der Waals surface area contributed by atoms with E-state index in [-0.39, 0.29) is 0 Å². The lowest BCUT2D eigenvalue weighted by Gasteiger charge is -2.15. The van der Waals surface area contributed by atoms with Crippen LogP contribution in [0.3, 0.4) is 0 Å². The summed E-state index contributed by atoms with van der Waals surface area (Å²) in [5.74, 6) is -0.408. The molecule has 1 aliphatic carbocycles. The van der Waals surface area contributed by atoms with Gasteiger partial charge in [0.25, 0.3) is 0 Å². The number of nitrogens with one attached hydrogen (secondary N) is 2. The molecule has 2 amide bonds. The average molecular weight is 292 g/mol. The van der Waals surface area contributed by atoms with Crippen LogP contribution in [0.25, 0.3) is 0 Å². The molecule has 1 fully saturated rings. The molecular weight excluding hydrogens is 272 g/mol. The quantitative estimate of drug-likeness (QED) is 0.634. The van der Waals surface area contributed by atoms with E-state index in [1.54, 1.807) is 30.3 Å². The topological polar surface area (TPSA) is 87.7 Å². The second kappa shape index (κ2) is 7.64. The molecule has 1 unspecified atom stereocenters. The molecule has 114 valence electrons. The van der Waals surface area contributed by atoms with Crippen molar-refractivity contribution in [2.24, 2.45) is 5.92 Å². The van der Waals surface area contributed by atoms with E-state index >= 15 is 0 Å². The third-order valence-electron chi connectivity index (χ3n) is 3.24. The molecule has 6 heteroatoms. The maximum Gasteiger partial charge on any atom is 0.330 e. The number of carbonyl (C=O) groups is 2. The summed E-state index contributed by atoms with van der Waals surface area (Å²) in [5.41, 5.74) is 0.533. The SMILES string of the molecule is O=C(NCCOCC1CC1)NC(C(=O)O)c1ccccc1. The van der Waals surface area contributed by atoms with Gasteiger partial charge in [-0.3, -0.25) is 0 Å². The van der Waals surface area contributed by atoms with Crippen molar-refractivity contribution in [1.82, 2.24) is 10.6 Å². The first-order valence-electron chi connectivity index (χ1n) is 7.06. The number of rotatable bonds is 8. The maximum absolute atomic E-state index is 11.7. The van der Waals surface area contributed by atoms with E-state index in [1.165, 1.54) is 12.8 Å². The Kier molecular flexibility index (Phi) is 5.57. The molecule has 1 aromatic carbocycles. The van der Waals surface area contributed by atoms with Gasteiger partial charge in [0, 0.05) is 13.2 Å². The van der Waals surface area contributed by atoms with Crippen LogP contribution in [0.5, 0.6) is 0 Å². The zero-order valence-corrected chi connectivity index (χ0v) is 11.7. The average Bonchev–Trinajstić information content (AvgIpc) is 3.29. The molecule has 1 aromatic rings. The number of carboxylic acids is 1. The van der Waals surface area contributed by atoms with Gasteiger partial charge in [-0.2, -0.15) is 0 Å². The number of urea groups is 1. The van der Waals surface area contributed by atoms with E-state index in [4.69, 9.17) is 4.74 Å². The number of amides is 2. The summed E-state index contributed by atoms with van der Waals surface area (Å²) in [6.45, 7) is 1.54. The van der Waals surface area contributed by atoms with Crippen molar-refractivity contribution in [3.63, 3.8) is 0 Å². The standard InChI is InChI=1S/C15H20N2O4/c18-14(19)13(12-4-2-1-3-5-12)17-15(20)16-8-9-21-10-11-6-7-11/h1-5,11,13H,6-10H2,(H,18,19)(H2,16,17,20). The van der Waals surface area contributed by atoms with Gasteiger partial charge in [0.05, 0.1) is 6.61 Å². The number of aliphatic carboxylic acids is 1. The molecular formula is C15H20N2O4. The number of ether oxygens (including phenoxy) is 1. The van der Waals surface area contributed by atoms with Gasteiger partial charge in [-0.25, -0.2) is 9.59 Å². The lowest BCUT2D eigenvalue weighted by atomic mass is 10.1. The van der Waals surface area contributed by atoms with Crippen molar-refractivity contribution < 1.29 is 19.4 Å². The van der Waals surface area contributed by atoms with E-state index in [9.17, 15) is 14.7 Å². The molecule has 0 spiro atoms. The monoisotopic (exact) mass is 292 g/mol. The molecule has 3 N–H and O–H groups in total. The molecule has 6 nitrogen and oxygen atoms in total. The Labute approximate surface area is 123 Å². The summed E-state index contributed by atoms with van der Waals surface area (Å²) in [6.07, 6.45) is 2.45. The zero-order valence-electron chi connectivity index (χ0n) is 11.7. The predicted octanol–water partition coefficient (Wildman–Crippen LogP) is 1.54. The Morgan fingerprint density at radius 2 is 2.00 bits per heavy atom. The van der Waals surface area contributed by atoms with Gasteiger partial charge in [0.2, 0.25) is 0 Å². The van der Waals surface area contributed by atoms with Crippen LogP contribution >= 0.6 is 0 Å². The molecule has 0 heterocycles. The van der Waals surface area contributed by atoms with E-state index in [2.05, 4.69) is 10.6 Å². The molecule has 1 atom stereocenters. The Balaban J connectivity index is 1.71. The van der Waals surface area contributed by atoms with E-state index in [0.29, 0.717) is 24.6 Å². The van der Waals surface area contributed by atoms with Gasteiger partial charge < -0.3 is 20.5 Å². The number of benzene rings is 1. The van der Waals surface area contributed by atoms with Crippen LogP contribution in [0.1, 0.15) is 24.4 Å². The molecule has 0 aliphatic heterocycles. The summed E-state index contributed by atoms with van der Waals surface area (Å²) in [7, 11) is 0. The minimum absolute atomic E-state index is 0.361. The van der Waals surface area contributed by atoms with Gasteiger partial charge in [-0.1, -0.05) is 30.3 Å². The van der Waals surface area contributed by atoms with Crippen LogP contribution in [0.2, 0.25) is 0 Å². The first-order valence-corrected chi connectivity index (χ1v) is 7.06. The third kappa shape index (κ3) is 5.43. The molecule has 2 rings (SSSR count). The molecule has 0 radical (unpaired) electrons. The molecule has 0 aromatic heterocycles. The zero-order chi connectivity index (χ0) is 15.1. The Morgan fingerprint density at radius 1 is 1.29 bits per heavy atom. The minimum Gasteiger partial charge on any atom is -0.479 e. The van der Waals surface area contributed by atoms with E-state index in [1.807, 2.05) is 0 Å². The predicted molar refractivity (Wildman–Crippen MR) is 76.9 cm³/mol. The summed E-state index contributed by atoms with van der Waals surface area (Å²) < 4.78 is 5.39. The van der Waals surface area contributed by atoms with Gasteiger partial charge in [0.1, 0.15) is 0 Å².